The summed E-state index contributed by atoms with van der Waals surface area (Å²) in [6, 6.07) is 4.93. The Morgan fingerprint density at radius 3 is 3.00 bits per heavy atom. The summed E-state index contributed by atoms with van der Waals surface area (Å²) in [5.41, 5.74) is 1.18. The van der Waals surface area contributed by atoms with Crippen molar-refractivity contribution in [2.24, 2.45) is 5.92 Å². The van der Waals surface area contributed by atoms with E-state index in [1.54, 1.807) is 0 Å². The third-order valence-corrected chi connectivity index (χ3v) is 3.90. The van der Waals surface area contributed by atoms with Crippen LogP contribution in [-0.4, -0.2) is 33.8 Å². The molecule has 2 heterocycles. The Labute approximate surface area is 120 Å². The summed E-state index contributed by atoms with van der Waals surface area (Å²) >= 11 is 0. The van der Waals surface area contributed by atoms with E-state index in [0.717, 1.165) is 26.1 Å². The molecule has 2 atom stereocenters. The number of likely N-dealkylation sites (tertiary alicyclic amines) is 1. The van der Waals surface area contributed by atoms with Crippen LogP contribution in [0.4, 0.5) is 0 Å². The zero-order valence-corrected chi connectivity index (χ0v) is 12.0. The molecule has 0 amide bonds. The Balaban J connectivity index is 1.90. The van der Waals surface area contributed by atoms with E-state index in [9.17, 15) is 5.26 Å². The zero-order chi connectivity index (χ0) is 14.4. The van der Waals surface area contributed by atoms with Gasteiger partial charge in [-0.15, -0.1) is 0 Å². The summed E-state index contributed by atoms with van der Waals surface area (Å²) in [5.74, 6) is -0.0328. The average molecular weight is 271 g/mol. The van der Waals surface area contributed by atoms with Crippen molar-refractivity contribution in [3.63, 3.8) is 0 Å². The Kier molecular flexibility index (Phi) is 5.15. The van der Waals surface area contributed by atoms with Crippen molar-refractivity contribution < 1.29 is 0 Å². The summed E-state index contributed by atoms with van der Waals surface area (Å²) in [6.07, 6.45) is 7.43. The third-order valence-electron chi connectivity index (χ3n) is 3.90. The first-order valence-corrected chi connectivity index (χ1v) is 7.22. The molecule has 0 unspecified atom stereocenters. The van der Waals surface area contributed by atoms with Gasteiger partial charge in [-0.3, -0.25) is 9.58 Å². The van der Waals surface area contributed by atoms with Gasteiger partial charge in [0.25, 0.3) is 0 Å². The van der Waals surface area contributed by atoms with Crippen LogP contribution < -0.4 is 0 Å². The Morgan fingerprint density at radius 2 is 2.35 bits per heavy atom. The predicted octanol–water partition coefficient (Wildman–Crippen LogP) is 2.10. The molecule has 0 N–H and O–H groups in total. The maximum atomic E-state index is 9.19. The first-order chi connectivity index (χ1) is 9.72. The summed E-state index contributed by atoms with van der Waals surface area (Å²) in [4.78, 5) is 2.39. The SMILES string of the molecule is Cc1cnn(C[C@@H]2CCCN2C[C@@H](C#N)CCC#N)c1. The van der Waals surface area contributed by atoms with Crippen molar-refractivity contribution >= 4 is 0 Å². The molecule has 1 aromatic rings. The standard InChI is InChI=1S/C15H21N5/c1-13-9-18-20(10-13)12-15-5-3-7-19(15)11-14(8-17)4-2-6-16/h9-10,14-15H,2-5,7,11-12H2,1H3/t14-,15+/m1/s1. The van der Waals surface area contributed by atoms with Crippen LogP contribution in [0.1, 0.15) is 31.2 Å². The number of aromatic nitrogens is 2. The van der Waals surface area contributed by atoms with Crippen LogP contribution in [0.3, 0.4) is 0 Å². The van der Waals surface area contributed by atoms with Gasteiger partial charge < -0.3 is 0 Å². The second-order valence-corrected chi connectivity index (χ2v) is 5.55. The number of nitrogens with zero attached hydrogens (tertiary/aromatic N) is 5. The lowest BCUT2D eigenvalue weighted by Gasteiger charge is -2.26. The summed E-state index contributed by atoms with van der Waals surface area (Å²) in [7, 11) is 0. The highest BCUT2D eigenvalue weighted by atomic mass is 15.3. The van der Waals surface area contributed by atoms with E-state index in [1.807, 2.05) is 17.8 Å². The molecular weight excluding hydrogens is 250 g/mol. The normalized spacial score (nSPS) is 20.4. The van der Waals surface area contributed by atoms with Crippen molar-refractivity contribution in [1.82, 2.24) is 14.7 Å². The molecule has 1 saturated heterocycles. The minimum atomic E-state index is -0.0328. The van der Waals surface area contributed by atoms with Gasteiger partial charge in [-0.2, -0.15) is 15.6 Å². The van der Waals surface area contributed by atoms with Crippen molar-refractivity contribution in [2.75, 3.05) is 13.1 Å². The molecule has 106 valence electrons. The zero-order valence-electron chi connectivity index (χ0n) is 12.0. The first kappa shape index (κ1) is 14.6. The molecule has 1 aromatic heterocycles. The molecule has 1 fully saturated rings. The van der Waals surface area contributed by atoms with Crippen LogP contribution in [0.5, 0.6) is 0 Å². The van der Waals surface area contributed by atoms with Gasteiger partial charge in [0.15, 0.2) is 0 Å². The second-order valence-electron chi connectivity index (χ2n) is 5.55. The van der Waals surface area contributed by atoms with Gasteiger partial charge in [0.2, 0.25) is 0 Å². The van der Waals surface area contributed by atoms with E-state index in [4.69, 9.17) is 5.26 Å². The topological polar surface area (TPSA) is 68.6 Å². The molecule has 5 heteroatoms. The number of hydrogen-bond donors (Lipinski definition) is 0. The molecular formula is C15H21N5. The summed E-state index contributed by atoms with van der Waals surface area (Å²) < 4.78 is 2.00. The lowest BCUT2D eigenvalue weighted by molar-refractivity contribution is 0.206. The molecule has 0 radical (unpaired) electrons. The monoisotopic (exact) mass is 271 g/mol. The van der Waals surface area contributed by atoms with E-state index in [1.165, 1.54) is 12.0 Å². The lowest BCUT2D eigenvalue weighted by Crippen LogP contribution is -2.36. The molecule has 0 saturated carbocycles. The van der Waals surface area contributed by atoms with E-state index in [0.29, 0.717) is 18.9 Å². The van der Waals surface area contributed by atoms with Gasteiger partial charge in [0.05, 0.1) is 30.8 Å². The van der Waals surface area contributed by atoms with Gasteiger partial charge in [-0.1, -0.05) is 0 Å². The minimum Gasteiger partial charge on any atom is -0.297 e. The van der Waals surface area contributed by atoms with Crippen molar-refractivity contribution in [3.05, 3.63) is 18.0 Å². The smallest absolute Gasteiger partial charge is 0.0669 e. The second kappa shape index (κ2) is 7.07. The van der Waals surface area contributed by atoms with E-state index in [-0.39, 0.29) is 5.92 Å². The highest BCUT2D eigenvalue weighted by Gasteiger charge is 2.27. The summed E-state index contributed by atoms with van der Waals surface area (Å²) in [5, 5.41) is 22.2. The fraction of sp³-hybridized carbons (Fsp3) is 0.667. The molecule has 1 aliphatic rings. The molecule has 0 aromatic carbocycles. The Morgan fingerprint density at radius 1 is 1.50 bits per heavy atom. The van der Waals surface area contributed by atoms with Gasteiger partial charge in [-0.05, 0) is 38.3 Å². The molecule has 20 heavy (non-hydrogen) atoms. The Bertz CT molecular complexity index is 507. The number of nitriles is 2. The quantitative estimate of drug-likeness (QED) is 0.794. The van der Waals surface area contributed by atoms with Crippen molar-refractivity contribution in [2.45, 2.75) is 45.2 Å². The van der Waals surface area contributed by atoms with Crippen LogP contribution in [-0.2, 0) is 6.54 Å². The van der Waals surface area contributed by atoms with E-state index >= 15 is 0 Å². The number of hydrogen-bond acceptors (Lipinski definition) is 4. The number of rotatable bonds is 6. The van der Waals surface area contributed by atoms with Gasteiger partial charge in [0, 0.05) is 25.2 Å². The number of aryl methyl sites for hydroxylation is 1. The fourth-order valence-corrected chi connectivity index (χ4v) is 2.84. The van der Waals surface area contributed by atoms with Gasteiger partial charge >= 0.3 is 0 Å². The van der Waals surface area contributed by atoms with E-state index in [2.05, 4.69) is 28.3 Å². The Hall–Kier alpha value is -1.85. The van der Waals surface area contributed by atoms with Gasteiger partial charge in [0.1, 0.15) is 0 Å². The third kappa shape index (κ3) is 3.82. The van der Waals surface area contributed by atoms with Crippen LogP contribution in [0, 0.1) is 35.5 Å². The maximum Gasteiger partial charge on any atom is 0.0669 e. The lowest BCUT2D eigenvalue weighted by atomic mass is 10.0. The molecule has 5 nitrogen and oxygen atoms in total. The fourth-order valence-electron chi connectivity index (χ4n) is 2.84. The first-order valence-electron chi connectivity index (χ1n) is 7.22. The van der Waals surface area contributed by atoms with Crippen LogP contribution >= 0.6 is 0 Å². The average Bonchev–Trinajstić information content (AvgIpc) is 3.04. The molecule has 0 spiro atoms. The van der Waals surface area contributed by atoms with Crippen LogP contribution in [0.2, 0.25) is 0 Å². The van der Waals surface area contributed by atoms with E-state index < -0.39 is 0 Å². The molecule has 0 aliphatic carbocycles. The van der Waals surface area contributed by atoms with Crippen molar-refractivity contribution in [3.8, 4) is 12.1 Å². The highest BCUT2D eigenvalue weighted by Crippen LogP contribution is 2.21. The maximum absolute atomic E-state index is 9.19. The highest BCUT2D eigenvalue weighted by molar-refractivity contribution is 5.00. The molecule has 1 aliphatic heterocycles. The molecule has 2 rings (SSSR count). The van der Waals surface area contributed by atoms with Crippen molar-refractivity contribution in [1.29, 1.82) is 10.5 Å². The predicted molar refractivity (Wildman–Crippen MR) is 75.5 cm³/mol. The van der Waals surface area contributed by atoms with Crippen LogP contribution in [0.15, 0.2) is 12.4 Å². The van der Waals surface area contributed by atoms with Crippen LogP contribution in [0.25, 0.3) is 0 Å². The van der Waals surface area contributed by atoms with Gasteiger partial charge in [-0.25, -0.2) is 0 Å². The minimum absolute atomic E-state index is 0.0328. The summed E-state index contributed by atoms with van der Waals surface area (Å²) in [6.45, 7) is 4.77. The largest absolute Gasteiger partial charge is 0.297 e. The molecule has 0 bridgehead atoms.